The number of nitrogens with zero attached hydrogens (tertiary/aromatic N) is 2. The Labute approximate surface area is 200 Å². The lowest BCUT2D eigenvalue weighted by Crippen LogP contribution is -2.08. The maximum absolute atomic E-state index is 12.6. The molecule has 0 atom stereocenters. The summed E-state index contributed by atoms with van der Waals surface area (Å²) >= 11 is 0.801. The van der Waals surface area contributed by atoms with E-state index in [1.807, 2.05) is 33.8 Å². The molecule has 0 fully saturated rings. The van der Waals surface area contributed by atoms with Crippen molar-refractivity contribution in [3.05, 3.63) is 75.7 Å². The van der Waals surface area contributed by atoms with Crippen LogP contribution in [-0.4, -0.2) is 22.4 Å². The molecule has 174 valence electrons. The molecule has 2 aromatic carbocycles. The van der Waals surface area contributed by atoms with Gasteiger partial charge in [-0.05, 0) is 56.2 Å². The van der Waals surface area contributed by atoms with Gasteiger partial charge in [-0.3, -0.25) is 20.2 Å². The number of hydrogen-bond acceptors (Lipinski definition) is 7. The first-order chi connectivity index (χ1) is 16.3. The number of amides is 1. The van der Waals surface area contributed by atoms with Crippen LogP contribution in [0.15, 0.2) is 53.3 Å². The number of rotatable bonds is 7. The minimum absolute atomic E-state index is 0.140. The van der Waals surface area contributed by atoms with Crippen molar-refractivity contribution < 1.29 is 18.9 Å². The molecule has 0 aliphatic heterocycles. The number of thiazole rings is 1. The van der Waals surface area contributed by atoms with Crippen molar-refractivity contribution in [3.8, 4) is 16.9 Å². The molecule has 0 aliphatic rings. The molecular formula is C25H23N3O5S. The molecule has 2 heterocycles. The summed E-state index contributed by atoms with van der Waals surface area (Å²) in [6.07, 6.45) is 4.29. The van der Waals surface area contributed by atoms with E-state index in [0.717, 1.165) is 50.8 Å². The van der Waals surface area contributed by atoms with Crippen LogP contribution in [0, 0.1) is 24.0 Å². The topological polar surface area (TPSA) is 108 Å². The summed E-state index contributed by atoms with van der Waals surface area (Å²) < 4.78 is 11.9. The number of ether oxygens (including phenoxy) is 1. The lowest BCUT2D eigenvalue weighted by molar-refractivity contribution is -0.380. The Morgan fingerprint density at radius 1 is 1.29 bits per heavy atom. The van der Waals surface area contributed by atoms with Crippen molar-refractivity contribution in [2.45, 2.75) is 27.7 Å². The van der Waals surface area contributed by atoms with Crippen LogP contribution in [0.2, 0.25) is 0 Å². The second-order valence-electron chi connectivity index (χ2n) is 7.78. The molecule has 0 unspecified atom stereocenters. The van der Waals surface area contributed by atoms with E-state index in [9.17, 15) is 14.9 Å². The first-order valence-corrected chi connectivity index (χ1v) is 11.4. The number of nitrogens with one attached hydrogen (secondary N) is 1. The molecule has 1 amide bonds. The number of aromatic nitrogens is 1. The third-order valence-electron chi connectivity index (χ3n) is 5.37. The second-order valence-corrected chi connectivity index (χ2v) is 8.79. The zero-order valence-corrected chi connectivity index (χ0v) is 20.0. The number of aryl methyl sites for hydroxylation is 2. The first kappa shape index (κ1) is 23.2. The number of hydrogen-bond donors (Lipinski definition) is 1. The highest BCUT2D eigenvalue weighted by atomic mass is 32.1. The number of allylic oxidation sites excluding steroid dienone is 1. The minimum atomic E-state index is -0.544. The van der Waals surface area contributed by atoms with Gasteiger partial charge in [0.15, 0.2) is 5.13 Å². The van der Waals surface area contributed by atoms with Crippen molar-refractivity contribution in [2.24, 2.45) is 0 Å². The fraction of sp³-hybridized carbons (Fsp3) is 0.200. The maximum atomic E-state index is 12.6. The number of anilines is 1. The summed E-state index contributed by atoms with van der Waals surface area (Å²) in [6, 6.07) is 10.2. The second kappa shape index (κ2) is 9.48. The van der Waals surface area contributed by atoms with E-state index in [2.05, 4.69) is 34.6 Å². The molecule has 8 nitrogen and oxygen atoms in total. The monoisotopic (exact) mass is 477 g/mol. The molecule has 0 radical (unpaired) electrons. The standard InChI is InChI=1S/C25H23N3O5S/c1-5-32-23-16(4)24-19(20(13-33-24)17-8-6-14(2)7-9-17)11-18(23)15(3)10-21(29)27-25-26-12-22(34-25)28(30)31/h6-13H,5H2,1-4H3,(H,26,27,29)/b15-10+. The minimum Gasteiger partial charge on any atom is -0.493 e. The Morgan fingerprint density at radius 2 is 2.03 bits per heavy atom. The van der Waals surface area contributed by atoms with Gasteiger partial charge in [-0.25, -0.2) is 4.98 Å². The van der Waals surface area contributed by atoms with Gasteiger partial charge in [0.05, 0.1) is 17.8 Å². The van der Waals surface area contributed by atoms with Gasteiger partial charge in [0.25, 0.3) is 0 Å². The maximum Gasteiger partial charge on any atom is 0.345 e. The molecule has 0 saturated carbocycles. The number of benzene rings is 2. The molecule has 4 rings (SSSR count). The van der Waals surface area contributed by atoms with Crippen LogP contribution in [0.25, 0.3) is 27.7 Å². The number of fused-ring (bicyclic) bond motifs is 1. The third-order valence-corrected chi connectivity index (χ3v) is 6.24. The van der Waals surface area contributed by atoms with Crippen LogP contribution >= 0.6 is 11.3 Å². The van der Waals surface area contributed by atoms with E-state index in [1.54, 1.807) is 6.26 Å². The van der Waals surface area contributed by atoms with Gasteiger partial charge in [-0.1, -0.05) is 29.8 Å². The van der Waals surface area contributed by atoms with Gasteiger partial charge in [0.1, 0.15) is 17.5 Å². The van der Waals surface area contributed by atoms with Gasteiger partial charge in [-0.15, -0.1) is 0 Å². The van der Waals surface area contributed by atoms with Crippen molar-refractivity contribution in [2.75, 3.05) is 11.9 Å². The highest BCUT2D eigenvalue weighted by Crippen LogP contribution is 2.40. The molecule has 0 spiro atoms. The van der Waals surface area contributed by atoms with Crippen molar-refractivity contribution in [1.29, 1.82) is 0 Å². The van der Waals surface area contributed by atoms with Crippen LogP contribution in [-0.2, 0) is 4.79 Å². The molecule has 9 heteroatoms. The lowest BCUT2D eigenvalue weighted by atomic mass is 9.96. The Balaban J connectivity index is 1.75. The highest BCUT2D eigenvalue weighted by molar-refractivity contribution is 7.18. The van der Waals surface area contributed by atoms with Gasteiger partial charge in [-0.2, -0.15) is 0 Å². The number of furan rings is 1. The fourth-order valence-electron chi connectivity index (χ4n) is 3.72. The number of carbonyl (C=O) groups excluding carboxylic acids is 1. The highest BCUT2D eigenvalue weighted by Gasteiger charge is 2.19. The number of nitro groups is 1. The summed E-state index contributed by atoms with van der Waals surface area (Å²) in [5, 5.41) is 14.4. The largest absolute Gasteiger partial charge is 0.493 e. The van der Waals surface area contributed by atoms with Crippen LogP contribution in [0.4, 0.5) is 10.1 Å². The average molecular weight is 478 g/mol. The summed E-state index contributed by atoms with van der Waals surface area (Å²) in [5.41, 5.74) is 6.17. The molecule has 1 N–H and O–H groups in total. The summed E-state index contributed by atoms with van der Waals surface area (Å²) in [5.74, 6) is 0.208. The summed E-state index contributed by atoms with van der Waals surface area (Å²) in [4.78, 5) is 26.8. The van der Waals surface area contributed by atoms with Crippen LogP contribution in [0.5, 0.6) is 5.75 Å². The smallest absolute Gasteiger partial charge is 0.345 e. The molecule has 0 bridgehead atoms. The van der Waals surface area contributed by atoms with Gasteiger partial charge >= 0.3 is 5.00 Å². The summed E-state index contributed by atoms with van der Waals surface area (Å²) in [7, 11) is 0. The molecule has 2 aromatic heterocycles. The van der Waals surface area contributed by atoms with Crippen LogP contribution < -0.4 is 10.1 Å². The zero-order valence-electron chi connectivity index (χ0n) is 19.2. The van der Waals surface area contributed by atoms with E-state index in [4.69, 9.17) is 9.15 Å². The van der Waals surface area contributed by atoms with Crippen LogP contribution in [0.1, 0.15) is 30.5 Å². The van der Waals surface area contributed by atoms with E-state index in [0.29, 0.717) is 17.9 Å². The number of carbonyl (C=O) groups is 1. The molecule has 4 aromatic rings. The van der Waals surface area contributed by atoms with E-state index in [1.165, 1.54) is 11.6 Å². The van der Waals surface area contributed by atoms with E-state index in [-0.39, 0.29) is 10.1 Å². The zero-order chi connectivity index (χ0) is 24.4. The predicted octanol–water partition coefficient (Wildman–Crippen LogP) is 6.52. The summed E-state index contributed by atoms with van der Waals surface area (Å²) in [6.45, 7) is 8.14. The Hall–Kier alpha value is -3.98. The molecular weight excluding hydrogens is 454 g/mol. The Morgan fingerprint density at radius 3 is 2.68 bits per heavy atom. The third kappa shape index (κ3) is 4.55. The normalized spacial score (nSPS) is 11.6. The SMILES string of the molecule is CCOc1c(/C(C)=C/C(=O)Nc2ncc([N+](=O)[O-])s2)cc2c(-c3ccc(C)cc3)coc2c1C. The van der Waals surface area contributed by atoms with Gasteiger partial charge < -0.3 is 9.15 Å². The predicted molar refractivity (Wildman–Crippen MR) is 133 cm³/mol. The van der Waals surface area contributed by atoms with Crippen LogP contribution in [0.3, 0.4) is 0 Å². The Kier molecular flexibility index (Phi) is 6.47. The molecule has 34 heavy (non-hydrogen) atoms. The molecule has 0 aliphatic carbocycles. The lowest BCUT2D eigenvalue weighted by Gasteiger charge is -2.15. The fourth-order valence-corrected chi connectivity index (χ4v) is 4.35. The van der Waals surface area contributed by atoms with Crippen molar-refractivity contribution in [3.63, 3.8) is 0 Å². The van der Waals surface area contributed by atoms with E-state index < -0.39 is 10.8 Å². The van der Waals surface area contributed by atoms with Gasteiger partial charge in [0.2, 0.25) is 5.91 Å². The quantitative estimate of drug-likeness (QED) is 0.184. The molecule has 0 saturated heterocycles. The first-order valence-electron chi connectivity index (χ1n) is 10.6. The van der Waals surface area contributed by atoms with Crippen molar-refractivity contribution in [1.82, 2.24) is 4.98 Å². The van der Waals surface area contributed by atoms with E-state index >= 15 is 0 Å². The van der Waals surface area contributed by atoms with Gasteiger partial charge in [0, 0.05) is 28.2 Å². The Bertz CT molecular complexity index is 1420. The average Bonchev–Trinajstić information content (AvgIpc) is 3.43. The van der Waals surface area contributed by atoms with Crippen molar-refractivity contribution >= 4 is 43.9 Å².